The Balaban J connectivity index is 1.63. The molecule has 2 heterocycles. The van der Waals surface area contributed by atoms with E-state index < -0.39 is 0 Å². The number of hydrogen-bond donors (Lipinski definition) is 2. The Morgan fingerprint density at radius 2 is 2.26 bits per heavy atom. The van der Waals surface area contributed by atoms with E-state index in [1.807, 2.05) is 0 Å². The predicted molar refractivity (Wildman–Crippen MR) is 74.3 cm³/mol. The molecule has 4 nitrogen and oxygen atoms in total. The molecule has 0 radical (unpaired) electrons. The second kappa shape index (κ2) is 6.03. The van der Waals surface area contributed by atoms with Crippen molar-refractivity contribution in [3.8, 4) is 0 Å². The molecule has 2 fully saturated rings. The van der Waals surface area contributed by atoms with Crippen LogP contribution >= 0.6 is 11.3 Å². The van der Waals surface area contributed by atoms with E-state index >= 15 is 0 Å². The topological polar surface area (TPSA) is 42.8 Å². The van der Waals surface area contributed by atoms with Crippen LogP contribution in [0.1, 0.15) is 23.8 Å². The highest BCUT2D eigenvalue weighted by atomic mass is 32.1. The van der Waals surface area contributed by atoms with Gasteiger partial charge in [0.15, 0.2) is 0 Å². The van der Waals surface area contributed by atoms with Gasteiger partial charge < -0.3 is 15.0 Å². The first-order valence-electron chi connectivity index (χ1n) is 7.08. The molecule has 0 unspecified atom stereocenters. The number of quaternary nitrogens is 1. The lowest BCUT2D eigenvalue weighted by Gasteiger charge is -2.31. The van der Waals surface area contributed by atoms with Crippen LogP contribution in [-0.2, 0) is 9.53 Å². The molecule has 1 aromatic heterocycles. The van der Waals surface area contributed by atoms with Gasteiger partial charge in [-0.05, 0) is 24.3 Å². The monoisotopic (exact) mass is 281 g/mol. The number of nitrogens with one attached hydrogen (secondary N) is 2. The number of morpholine rings is 1. The molecule has 1 saturated carbocycles. The lowest BCUT2D eigenvalue weighted by atomic mass is 10.2. The summed E-state index contributed by atoms with van der Waals surface area (Å²) in [5, 5.41) is 5.25. The molecule has 0 aromatic carbocycles. The molecule has 5 heteroatoms. The minimum Gasteiger partial charge on any atom is -0.370 e. The quantitative estimate of drug-likeness (QED) is 0.811. The van der Waals surface area contributed by atoms with Gasteiger partial charge in [-0.3, -0.25) is 4.79 Å². The van der Waals surface area contributed by atoms with Crippen LogP contribution in [-0.4, -0.2) is 38.8 Å². The maximum atomic E-state index is 11.8. The third-order valence-electron chi connectivity index (χ3n) is 3.94. The van der Waals surface area contributed by atoms with Gasteiger partial charge in [-0.2, -0.15) is 0 Å². The van der Waals surface area contributed by atoms with Gasteiger partial charge >= 0.3 is 0 Å². The van der Waals surface area contributed by atoms with Gasteiger partial charge in [-0.1, -0.05) is 6.07 Å². The van der Waals surface area contributed by atoms with Crippen LogP contribution < -0.4 is 10.2 Å². The maximum absolute atomic E-state index is 11.8. The summed E-state index contributed by atoms with van der Waals surface area (Å²) >= 11 is 1.79. The fourth-order valence-corrected chi connectivity index (χ4v) is 3.50. The smallest absolute Gasteiger partial charge is 0.223 e. The van der Waals surface area contributed by atoms with Crippen molar-refractivity contribution in [2.75, 3.05) is 32.8 Å². The van der Waals surface area contributed by atoms with Crippen molar-refractivity contribution in [3.05, 3.63) is 22.4 Å². The highest BCUT2D eigenvalue weighted by Gasteiger charge is 2.32. The molecule has 1 aliphatic heterocycles. The average Bonchev–Trinajstić information content (AvgIpc) is 3.17. The second-order valence-electron chi connectivity index (χ2n) is 5.36. The van der Waals surface area contributed by atoms with Crippen LogP contribution in [0.4, 0.5) is 0 Å². The van der Waals surface area contributed by atoms with Crippen LogP contribution in [0.2, 0.25) is 0 Å². The summed E-state index contributed by atoms with van der Waals surface area (Å²) in [5.74, 6) is 0.540. The summed E-state index contributed by atoms with van der Waals surface area (Å²) in [6, 6.07) is 4.66. The van der Waals surface area contributed by atoms with Gasteiger partial charge in [0, 0.05) is 5.92 Å². The number of amides is 1. The molecule has 104 valence electrons. The fourth-order valence-electron chi connectivity index (χ4n) is 2.61. The normalized spacial score (nSPS) is 22.1. The minimum atomic E-state index is 0.245. The van der Waals surface area contributed by atoms with Crippen molar-refractivity contribution >= 4 is 17.2 Å². The molecule has 3 rings (SSSR count). The first-order valence-corrected chi connectivity index (χ1v) is 7.96. The Morgan fingerprint density at radius 1 is 1.47 bits per heavy atom. The summed E-state index contributed by atoms with van der Waals surface area (Å²) in [5.41, 5.74) is 0. The van der Waals surface area contributed by atoms with Gasteiger partial charge in [0.2, 0.25) is 5.91 Å². The highest BCUT2D eigenvalue weighted by Crippen LogP contribution is 2.28. The van der Waals surface area contributed by atoms with E-state index in [4.69, 9.17) is 4.74 Å². The van der Waals surface area contributed by atoms with E-state index in [0.29, 0.717) is 12.0 Å². The number of ether oxygens (including phenoxy) is 1. The summed E-state index contributed by atoms with van der Waals surface area (Å²) in [7, 11) is 0. The number of carbonyl (C=O) groups excluding carboxylic acids is 1. The number of thiophene rings is 1. The van der Waals surface area contributed by atoms with Crippen LogP contribution in [0.15, 0.2) is 17.5 Å². The standard InChI is InChI=1S/C14H20N2O2S/c17-14(11-3-4-11)15-10-12(13-2-1-9-19-13)16-5-7-18-8-6-16/h1-2,9,11-12H,3-8,10H2,(H,15,17)/p+1/t12-/m1/s1. The summed E-state index contributed by atoms with van der Waals surface area (Å²) in [6.45, 7) is 4.47. The van der Waals surface area contributed by atoms with Crippen molar-refractivity contribution < 1.29 is 14.4 Å². The number of rotatable bonds is 5. The molecule has 1 amide bonds. The number of carbonyl (C=O) groups is 1. The Hall–Kier alpha value is -0.910. The Morgan fingerprint density at radius 3 is 2.89 bits per heavy atom. The summed E-state index contributed by atoms with van der Waals surface area (Å²) in [6.07, 6.45) is 2.14. The first-order chi connectivity index (χ1) is 9.34. The largest absolute Gasteiger partial charge is 0.370 e. The van der Waals surface area contributed by atoms with Crippen molar-refractivity contribution in [2.24, 2.45) is 5.92 Å². The fraction of sp³-hybridized carbons (Fsp3) is 0.643. The lowest BCUT2D eigenvalue weighted by Crippen LogP contribution is -3.15. The minimum absolute atomic E-state index is 0.245. The van der Waals surface area contributed by atoms with Crippen LogP contribution in [0.3, 0.4) is 0 Å². The third kappa shape index (κ3) is 3.35. The van der Waals surface area contributed by atoms with E-state index in [1.54, 1.807) is 11.3 Å². The molecular formula is C14H21N2O2S+. The zero-order valence-electron chi connectivity index (χ0n) is 11.1. The van der Waals surface area contributed by atoms with Crippen molar-refractivity contribution in [1.29, 1.82) is 0 Å². The lowest BCUT2D eigenvalue weighted by molar-refractivity contribution is -0.937. The van der Waals surface area contributed by atoms with E-state index in [-0.39, 0.29) is 5.91 Å². The van der Waals surface area contributed by atoms with Gasteiger partial charge in [-0.15, -0.1) is 11.3 Å². The summed E-state index contributed by atoms with van der Waals surface area (Å²) < 4.78 is 5.44. The van der Waals surface area contributed by atoms with E-state index in [9.17, 15) is 4.79 Å². The van der Waals surface area contributed by atoms with Gasteiger partial charge in [-0.25, -0.2) is 0 Å². The molecule has 0 spiro atoms. The van der Waals surface area contributed by atoms with Crippen LogP contribution in [0.5, 0.6) is 0 Å². The van der Waals surface area contributed by atoms with Gasteiger partial charge in [0.25, 0.3) is 0 Å². The van der Waals surface area contributed by atoms with Gasteiger partial charge in [0.05, 0.1) is 24.6 Å². The molecule has 1 atom stereocenters. The Bertz CT molecular complexity index is 411. The highest BCUT2D eigenvalue weighted by molar-refractivity contribution is 7.10. The Kier molecular flexibility index (Phi) is 4.15. The molecule has 19 heavy (non-hydrogen) atoms. The van der Waals surface area contributed by atoms with E-state index in [1.165, 1.54) is 9.78 Å². The van der Waals surface area contributed by atoms with Crippen LogP contribution in [0.25, 0.3) is 0 Å². The van der Waals surface area contributed by atoms with E-state index in [2.05, 4.69) is 22.8 Å². The molecule has 1 aromatic rings. The van der Waals surface area contributed by atoms with Gasteiger partial charge in [0.1, 0.15) is 19.1 Å². The molecule has 1 aliphatic carbocycles. The molecule has 0 bridgehead atoms. The van der Waals surface area contributed by atoms with Crippen molar-refractivity contribution in [2.45, 2.75) is 18.9 Å². The van der Waals surface area contributed by atoms with E-state index in [0.717, 1.165) is 45.7 Å². The summed E-state index contributed by atoms with van der Waals surface area (Å²) in [4.78, 5) is 14.7. The predicted octanol–water partition coefficient (Wildman–Crippen LogP) is 0.230. The average molecular weight is 281 g/mol. The van der Waals surface area contributed by atoms with Crippen molar-refractivity contribution in [3.63, 3.8) is 0 Å². The second-order valence-corrected chi connectivity index (χ2v) is 6.34. The maximum Gasteiger partial charge on any atom is 0.223 e. The first kappa shape index (κ1) is 13.1. The van der Waals surface area contributed by atoms with Crippen molar-refractivity contribution in [1.82, 2.24) is 5.32 Å². The Labute approximate surface area is 117 Å². The molecule has 1 saturated heterocycles. The number of hydrogen-bond acceptors (Lipinski definition) is 3. The zero-order chi connectivity index (χ0) is 13.1. The zero-order valence-corrected chi connectivity index (χ0v) is 11.9. The molecular weight excluding hydrogens is 260 g/mol. The molecule has 2 N–H and O–H groups in total. The van der Waals surface area contributed by atoms with Crippen LogP contribution in [0, 0.1) is 5.92 Å². The SMILES string of the molecule is O=C(NC[C@H](c1cccs1)[NH+]1CCOCC1)C1CC1. The third-order valence-corrected chi connectivity index (χ3v) is 4.93. The molecule has 2 aliphatic rings.